The first-order valence-corrected chi connectivity index (χ1v) is 8.80. The zero-order chi connectivity index (χ0) is 19.1. The van der Waals surface area contributed by atoms with Gasteiger partial charge in [0.1, 0.15) is 17.2 Å². The molecule has 0 spiro atoms. The lowest BCUT2D eigenvalue weighted by molar-refractivity contribution is -0.118. The SMILES string of the molecule is CC[C@H](C)c1ccc(OCC(=O)Nc2cc(OC)c(Cl)cc2OC)cc1. The van der Waals surface area contributed by atoms with Crippen LogP contribution in [0.5, 0.6) is 17.2 Å². The molecule has 0 fully saturated rings. The Labute approximate surface area is 159 Å². The molecular formula is C20H24ClNO4. The molecule has 0 bridgehead atoms. The lowest BCUT2D eigenvalue weighted by Crippen LogP contribution is -2.20. The van der Waals surface area contributed by atoms with E-state index in [1.165, 1.54) is 19.8 Å². The number of benzene rings is 2. The van der Waals surface area contributed by atoms with E-state index in [1.807, 2.05) is 24.3 Å². The molecule has 1 atom stereocenters. The van der Waals surface area contributed by atoms with Gasteiger partial charge in [0.25, 0.3) is 5.91 Å². The minimum absolute atomic E-state index is 0.114. The Hall–Kier alpha value is -2.40. The Morgan fingerprint density at radius 3 is 2.35 bits per heavy atom. The van der Waals surface area contributed by atoms with Gasteiger partial charge in [-0.25, -0.2) is 0 Å². The number of carbonyl (C=O) groups excluding carboxylic acids is 1. The van der Waals surface area contributed by atoms with Gasteiger partial charge in [-0.15, -0.1) is 0 Å². The summed E-state index contributed by atoms with van der Waals surface area (Å²) in [4.78, 5) is 12.2. The highest BCUT2D eigenvalue weighted by Gasteiger charge is 2.13. The van der Waals surface area contributed by atoms with Gasteiger partial charge in [-0.05, 0) is 30.0 Å². The quantitative estimate of drug-likeness (QED) is 0.711. The summed E-state index contributed by atoms with van der Waals surface area (Å²) in [6.45, 7) is 4.22. The molecule has 0 saturated heterocycles. The fourth-order valence-corrected chi connectivity index (χ4v) is 2.65. The molecule has 26 heavy (non-hydrogen) atoms. The summed E-state index contributed by atoms with van der Waals surface area (Å²) in [7, 11) is 3.01. The van der Waals surface area contributed by atoms with E-state index >= 15 is 0 Å². The molecule has 1 amide bonds. The number of amides is 1. The first-order valence-electron chi connectivity index (χ1n) is 8.42. The first-order chi connectivity index (χ1) is 12.5. The Kier molecular flexibility index (Phi) is 7.16. The molecule has 0 radical (unpaired) electrons. The van der Waals surface area contributed by atoms with Gasteiger partial charge in [0.2, 0.25) is 0 Å². The summed E-state index contributed by atoms with van der Waals surface area (Å²) in [6.07, 6.45) is 1.08. The van der Waals surface area contributed by atoms with E-state index in [2.05, 4.69) is 19.2 Å². The predicted octanol–water partition coefficient (Wildman–Crippen LogP) is 4.89. The van der Waals surface area contributed by atoms with Gasteiger partial charge >= 0.3 is 0 Å². The third-order valence-electron chi connectivity index (χ3n) is 4.18. The van der Waals surface area contributed by atoms with Crippen LogP contribution >= 0.6 is 11.6 Å². The van der Waals surface area contributed by atoms with Crippen molar-refractivity contribution in [3.8, 4) is 17.2 Å². The lowest BCUT2D eigenvalue weighted by Gasteiger charge is -2.14. The van der Waals surface area contributed by atoms with Gasteiger partial charge in [-0.1, -0.05) is 37.6 Å². The fourth-order valence-electron chi connectivity index (χ4n) is 2.42. The van der Waals surface area contributed by atoms with E-state index in [0.29, 0.717) is 33.9 Å². The average Bonchev–Trinajstić information content (AvgIpc) is 2.67. The van der Waals surface area contributed by atoms with Crippen molar-refractivity contribution in [1.82, 2.24) is 0 Å². The van der Waals surface area contributed by atoms with Crippen LogP contribution in [0.2, 0.25) is 5.02 Å². The van der Waals surface area contributed by atoms with Crippen LogP contribution in [0.15, 0.2) is 36.4 Å². The van der Waals surface area contributed by atoms with E-state index in [-0.39, 0.29) is 12.5 Å². The molecule has 2 aromatic carbocycles. The van der Waals surface area contributed by atoms with Crippen molar-refractivity contribution >= 4 is 23.2 Å². The van der Waals surface area contributed by atoms with Crippen LogP contribution in [-0.2, 0) is 4.79 Å². The van der Waals surface area contributed by atoms with Gasteiger partial charge in [-0.2, -0.15) is 0 Å². The molecule has 6 heteroatoms. The molecule has 0 aliphatic carbocycles. The van der Waals surface area contributed by atoms with Gasteiger partial charge in [0.15, 0.2) is 6.61 Å². The highest BCUT2D eigenvalue weighted by atomic mass is 35.5. The van der Waals surface area contributed by atoms with E-state index in [1.54, 1.807) is 12.1 Å². The standard InChI is InChI=1S/C20H24ClNO4/c1-5-13(2)14-6-8-15(9-7-14)26-12-20(23)22-17-11-18(24-3)16(21)10-19(17)25-4/h6-11,13H,5,12H2,1-4H3,(H,22,23)/t13-/m0/s1. The summed E-state index contributed by atoms with van der Waals surface area (Å²) in [6, 6.07) is 11.0. The molecule has 5 nitrogen and oxygen atoms in total. The van der Waals surface area contributed by atoms with Gasteiger partial charge in [0, 0.05) is 12.1 Å². The Morgan fingerprint density at radius 2 is 1.77 bits per heavy atom. The van der Waals surface area contributed by atoms with Gasteiger partial charge < -0.3 is 19.5 Å². The summed E-state index contributed by atoms with van der Waals surface area (Å²) >= 11 is 6.06. The van der Waals surface area contributed by atoms with Crippen molar-refractivity contribution in [1.29, 1.82) is 0 Å². The Morgan fingerprint density at radius 1 is 1.12 bits per heavy atom. The topological polar surface area (TPSA) is 56.8 Å². The minimum Gasteiger partial charge on any atom is -0.495 e. The van der Waals surface area contributed by atoms with Crippen molar-refractivity contribution in [3.05, 3.63) is 47.0 Å². The molecule has 1 N–H and O–H groups in total. The van der Waals surface area contributed by atoms with Crippen LogP contribution in [0.25, 0.3) is 0 Å². The Balaban J connectivity index is 1.99. The second-order valence-corrected chi connectivity index (χ2v) is 6.31. The number of hydrogen-bond donors (Lipinski definition) is 1. The summed E-state index contributed by atoms with van der Waals surface area (Å²) < 4.78 is 16.0. The monoisotopic (exact) mass is 377 g/mol. The van der Waals surface area contributed by atoms with Crippen LogP contribution in [0, 0.1) is 0 Å². The molecule has 0 heterocycles. The van der Waals surface area contributed by atoms with Crippen molar-refractivity contribution in [2.75, 3.05) is 26.1 Å². The molecule has 140 valence electrons. The normalized spacial score (nSPS) is 11.6. The third kappa shape index (κ3) is 5.05. The first kappa shape index (κ1) is 19.9. The number of methoxy groups -OCH3 is 2. The van der Waals surface area contributed by atoms with Crippen LogP contribution in [0.3, 0.4) is 0 Å². The number of halogens is 1. The summed E-state index contributed by atoms with van der Waals surface area (Å²) in [5.41, 5.74) is 1.72. The second-order valence-electron chi connectivity index (χ2n) is 5.90. The smallest absolute Gasteiger partial charge is 0.262 e. The Bertz CT molecular complexity index is 746. The van der Waals surface area contributed by atoms with Crippen molar-refractivity contribution < 1.29 is 19.0 Å². The van der Waals surface area contributed by atoms with Gasteiger partial charge in [-0.3, -0.25) is 4.79 Å². The number of anilines is 1. The highest BCUT2D eigenvalue weighted by molar-refractivity contribution is 6.32. The zero-order valence-electron chi connectivity index (χ0n) is 15.5. The van der Waals surface area contributed by atoms with Crippen LogP contribution in [-0.4, -0.2) is 26.7 Å². The van der Waals surface area contributed by atoms with Crippen molar-refractivity contribution in [2.24, 2.45) is 0 Å². The van der Waals surface area contributed by atoms with Crippen LogP contribution in [0.4, 0.5) is 5.69 Å². The van der Waals surface area contributed by atoms with Gasteiger partial charge in [0.05, 0.1) is 24.9 Å². The maximum atomic E-state index is 12.2. The maximum absolute atomic E-state index is 12.2. The second kappa shape index (κ2) is 9.34. The molecule has 0 aliphatic heterocycles. The minimum atomic E-state index is -0.307. The molecule has 0 aliphatic rings. The number of carbonyl (C=O) groups is 1. The zero-order valence-corrected chi connectivity index (χ0v) is 16.2. The molecule has 2 rings (SSSR count). The number of rotatable bonds is 8. The molecule has 0 aromatic heterocycles. The van der Waals surface area contributed by atoms with Crippen molar-refractivity contribution in [3.63, 3.8) is 0 Å². The van der Waals surface area contributed by atoms with Crippen LogP contribution in [0.1, 0.15) is 31.7 Å². The summed E-state index contributed by atoms with van der Waals surface area (Å²) in [5.74, 6) is 1.73. The largest absolute Gasteiger partial charge is 0.495 e. The number of hydrogen-bond acceptors (Lipinski definition) is 4. The molecular weight excluding hydrogens is 354 g/mol. The number of nitrogens with one attached hydrogen (secondary N) is 1. The van der Waals surface area contributed by atoms with Crippen molar-refractivity contribution in [2.45, 2.75) is 26.2 Å². The van der Waals surface area contributed by atoms with E-state index in [4.69, 9.17) is 25.8 Å². The average molecular weight is 378 g/mol. The van der Waals surface area contributed by atoms with E-state index in [0.717, 1.165) is 6.42 Å². The predicted molar refractivity (Wildman–Crippen MR) is 104 cm³/mol. The molecule has 0 saturated carbocycles. The van der Waals surface area contributed by atoms with Crippen LogP contribution < -0.4 is 19.5 Å². The van der Waals surface area contributed by atoms with E-state index < -0.39 is 0 Å². The highest BCUT2D eigenvalue weighted by Crippen LogP contribution is 2.35. The summed E-state index contributed by atoms with van der Waals surface area (Å²) in [5, 5.41) is 3.15. The molecule has 2 aromatic rings. The molecule has 0 unspecified atom stereocenters. The maximum Gasteiger partial charge on any atom is 0.262 e. The fraction of sp³-hybridized carbons (Fsp3) is 0.350. The number of ether oxygens (including phenoxy) is 3. The third-order valence-corrected chi connectivity index (χ3v) is 4.47. The van der Waals surface area contributed by atoms with E-state index in [9.17, 15) is 4.79 Å². The lowest BCUT2D eigenvalue weighted by atomic mass is 9.99.